The first-order valence-electron chi connectivity index (χ1n) is 4.08. The molecule has 0 aromatic rings. The highest BCUT2D eigenvalue weighted by Crippen LogP contribution is 2.13. The molecule has 0 radical (unpaired) electrons. The van der Waals surface area contributed by atoms with Gasteiger partial charge in [0, 0.05) is 12.2 Å². The van der Waals surface area contributed by atoms with Crippen LogP contribution in [0.2, 0.25) is 0 Å². The van der Waals surface area contributed by atoms with Crippen LogP contribution in [-0.2, 0) is 0 Å². The normalized spacial score (nSPS) is 24.2. The fourth-order valence-electron chi connectivity index (χ4n) is 1.32. The zero-order chi connectivity index (χ0) is 7.40. The average molecular weight is 140 g/mol. The summed E-state index contributed by atoms with van der Waals surface area (Å²) in [5.41, 5.74) is 7.76. The second-order valence-corrected chi connectivity index (χ2v) is 2.70. The van der Waals surface area contributed by atoms with Crippen molar-refractivity contribution in [3.63, 3.8) is 0 Å². The van der Waals surface area contributed by atoms with Crippen LogP contribution in [-0.4, -0.2) is 6.04 Å². The first-order valence-corrected chi connectivity index (χ1v) is 4.08. The van der Waals surface area contributed by atoms with E-state index >= 15 is 0 Å². The van der Waals surface area contributed by atoms with Crippen molar-refractivity contribution in [2.75, 3.05) is 0 Å². The van der Waals surface area contributed by atoms with E-state index in [-0.39, 0.29) is 0 Å². The van der Waals surface area contributed by atoms with Crippen LogP contribution < -0.4 is 10.9 Å². The van der Waals surface area contributed by atoms with Crippen LogP contribution >= 0.6 is 0 Å². The Bertz CT molecular complexity index is 129. The third-order valence-electron chi connectivity index (χ3n) is 1.95. The van der Waals surface area contributed by atoms with Crippen molar-refractivity contribution < 1.29 is 0 Å². The summed E-state index contributed by atoms with van der Waals surface area (Å²) < 4.78 is 0. The lowest BCUT2D eigenvalue weighted by molar-refractivity contribution is 0.526. The van der Waals surface area contributed by atoms with Crippen molar-refractivity contribution in [3.05, 3.63) is 11.8 Å². The molecule has 0 aromatic heterocycles. The molecule has 2 N–H and O–H groups in total. The third kappa shape index (κ3) is 1.51. The van der Waals surface area contributed by atoms with Gasteiger partial charge in [0.25, 0.3) is 0 Å². The van der Waals surface area contributed by atoms with Crippen LogP contribution in [0.3, 0.4) is 0 Å². The van der Waals surface area contributed by atoms with Gasteiger partial charge in [-0.3, -0.25) is 0 Å². The van der Waals surface area contributed by atoms with Gasteiger partial charge < -0.3 is 5.43 Å². The quantitative estimate of drug-likeness (QED) is 0.621. The summed E-state index contributed by atoms with van der Waals surface area (Å²) in [6.45, 7) is 4.41. The van der Waals surface area contributed by atoms with Gasteiger partial charge in [-0.1, -0.05) is 20.3 Å². The van der Waals surface area contributed by atoms with Gasteiger partial charge in [0.1, 0.15) is 0 Å². The van der Waals surface area contributed by atoms with Crippen LogP contribution in [0.25, 0.3) is 0 Å². The van der Waals surface area contributed by atoms with E-state index in [0.717, 1.165) is 6.42 Å². The highest BCUT2D eigenvalue weighted by molar-refractivity contribution is 5.13. The largest absolute Gasteiger partial charge is 0.328 e. The van der Waals surface area contributed by atoms with Gasteiger partial charge in [0.2, 0.25) is 0 Å². The molecule has 0 spiro atoms. The average Bonchev–Trinajstić information content (AvgIpc) is 2.36. The minimum Gasteiger partial charge on any atom is -0.328 e. The standard InChI is InChI=1S/C8H16N2/c1-3-5-8-7(4-2)6-9-10-8/h6,8-10H,3-5H2,1-2H3. The van der Waals surface area contributed by atoms with Crippen molar-refractivity contribution in [1.29, 1.82) is 0 Å². The Hall–Kier alpha value is -0.500. The highest BCUT2D eigenvalue weighted by Gasteiger charge is 2.14. The molecule has 1 rings (SSSR count). The van der Waals surface area contributed by atoms with E-state index < -0.39 is 0 Å². The monoisotopic (exact) mass is 140 g/mol. The van der Waals surface area contributed by atoms with Gasteiger partial charge in [0.15, 0.2) is 0 Å². The summed E-state index contributed by atoms with van der Waals surface area (Å²) in [7, 11) is 0. The zero-order valence-corrected chi connectivity index (χ0v) is 6.78. The van der Waals surface area contributed by atoms with E-state index in [1.807, 2.05) is 0 Å². The maximum atomic E-state index is 3.22. The van der Waals surface area contributed by atoms with Gasteiger partial charge >= 0.3 is 0 Å². The summed E-state index contributed by atoms with van der Waals surface area (Å²) in [6, 6.07) is 0.593. The Morgan fingerprint density at radius 3 is 2.90 bits per heavy atom. The number of nitrogens with one attached hydrogen (secondary N) is 2. The summed E-state index contributed by atoms with van der Waals surface area (Å²) >= 11 is 0. The molecule has 1 aliphatic heterocycles. The van der Waals surface area contributed by atoms with Gasteiger partial charge in [-0.25, -0.2) is 5.43 Å². The van der Waals surface area contributed by atoms with Crippen LogP contribution in [0.1, 0.15) is 33.1 Å². The topological polar surface area (TPSA) is 24.1 Å². The van der Waals surface area contributed by atoms with Crippen LogP contribution in [0.15, 0.2) is 11.8 Å². The number of hydrazine groups is 1. The Morgan fingerprint density at radius 1 is 1.50 bits per heavy atom. The van der Waals surface area contributed by atoms with E-state index in [0.29, 0.717) is 6.04 Å². The van der Waals surface area contributed by atoms with E-state index in [1.165, 1.54) is 18.4 Å². The summed E-state index contributed by atoms with van der Waals surface area (Å²) in [5, 5.41) is 0. The molecular weight excluding hydrogens is 124 g/mol. The Morgan fingerprint density at radius 2 is 2.30 bits per heavy atom. The molecule has 0 bridgehead atoms. The Kier molecular flexibility index (Phi) is 2.75. The number of hydrogen-bond donors (Lipinski definition) is 2. The smallest absolute Gasteiger partial charge is 0.0486 e. The lowest BCUT2D eigenvalue weighted by atomic mass is 10.0. The maximum absolute atomic E-state index is 3.22. The molecule has 1 aliphatic rings. The van der Waals surface area contributed by atoms with Crippen LogP contribution in [0.4, 0.5) is 0 Å². The van der Waals surface area contributed by atoms with Crippen molar-refractivity contribution in [1.82, 2.24) is 10.9 Å². The van der Waals surface area contributed by atoms with Crippen LogP contribution in [0, 0.1) is 0 Å². The second-order valence-electron chi connectivity index (χ2n) is 2.70. The van der Waals surface area contributed by atoms with E-state index in [4.69, 9.17) is 0 Å². The Labute approximate surface area is 62.7 Å². The van der Waals surface area contributed by atoms with Gasteiger partial charge in [-0.15, -0.1) is 0 Å². The van der Waals surface area contributed by atoms with Gasteiger partial charge in [0.05, 0.1) is 0 Å². The molecule has 0 aromatic carbocycles. The first-order chi connectivity index (χ1) is 4.88. The first kappa shape index (κ1) is 7.61. The fourth-order valence-corrected chi connectivity index (χ4v) is 1.32. The van der Waals surface area contributed by atoms with Crippen molar-refractivity contribution in [2.45, 2.75) is 39.2 Å². The second kappa shape index (κ2) is 3.62. The molecule has 0 saturated carbocycles. The SMILES string of the molecule is CCCC1NNC=C1CC. The number of hydrogen-bond acceptors (Lipinski definition) is 2. The molecule has 1 heterocycles. The van der Waals surface area contributed by atoms with Crippen molar-refractivity contribution in [2.24, 2.45) is 0 Å². The lowest BCUT2D eigenvalue weighted by Crippen LogP contribution is -2.31. The summed E-state index contributed by atoms with van der Waals surface area (Å²) in [4.78, 5) is 0. The number of rotatable bonds is 3. The lowest BCUT2D eigenvalue weighted by Gasteiger charge is -2.11. The molecule has 1 atom stereocenters. The predicted octanol–water partition coefficient (Wildman–Crippen LogP) is 1.56. The molecule has 0 amide bonds. The van der Waals surface area contributed by atoms with E-state index in [1.54, 1.807) is 0 Å². The predicted molar refractivity (Wildman–Crippen MR) is 43.3 cm³/mol. The molecule has 2 nitrogen and oxygen atoms in total. The molecular formula is C8H16N2. The van der Waals surface area contributed by atoms with E-state index in [9.17, 15) is 0 Å². The Balaban J connectivity index is 2.38. The van der Waals surface area contributed by atoms with Crippen molar-refractivity contribution >= 4 is 0 Å². The highest BCUT2D eigenvalue weighted by atomic mass is 15.4. The summed E-state index contributed by atoms with van der Waals surface area (Å²) in [6.07, 6.45) is 5.73. The summed E-state index contributed by atoms with van der Waals surface area (Å²) in [5.74, 6) is 0. The molecule has 2 heteroatoms. The van der Waals surface area contributed by atoms with E-state index in [2.05, 4.69) is 30.9 Å². The zero-order valence-electron chi connectivity index (χ0n) is 6.78. The third-order valence-corrected chi connectivity index (χ3v) is 1.95. The molecule has 0 fully saturated rings. The minimum absolute atomic E-state index is 0.593. The van der Waals surface area contributed by atoms with Gasteiger partial charge in [-0.05, 0) is 18.4 Å². The van der Waals surface area contributed by atoms with Gasteiger partial charge in [-0.2, -0.15) is 0 Å². The molecule has 0 saturated heterocycles. The molecule has 1 unspecified atom stereocenters. The van der Waals surface area contributed by atoms with Crippen molar-refractivity contribution in [3.8, 4) is 0 Å². The minimum atomic E-state index is 0.593. The maximum Gasteiger partial charge on any atom is 0.0486 e. The molecule has 10 heavy (non-hydrogen) atoms. The molecule has 0 aliphatic carbocycles. The fraction of sp³-hybridized carbons (Fsp3) is 0.750. The van der Waals surface area contributed by atoms with Crippen LogP contribution in [0.5, 0.6) is 0 Å². The molecule has 58 valence electrons.